The molecule has 0 amide bonds. The molecule has 3 heteroatoms. The van der Waals surface area contributed by atoms with Gasteiger partial charge >= 0.3 is 0 Å². The minimum Gasteiger partial charge on any atom is -0.506 e. The molecule has 0 bridgehead atoms. The van der Waals surface area contributed by atoms with Crippen LogP contribution in [0.4, 0.5) is 0 Å². The van der Waals surface area contributed by atoms with Gasteiger partial charge in [-0.1, -0.05) is 18.2 Å². The minimum absolute atomic E-state index is 0.237. The number of aromatic nitrogens is 1. The molecule has 3 nitrogen and oxygen atoms in total. The molecule has 106 valence electrons. The largest absolute Gasteiger partial charge is 0.506 e. The molecule has 0 saturated heterocycles. The highest BCUT2D eigenvalue weighted by Gasteiger charge is 2.04. The van der Waals surface area contributed by atoms with Gasteiger partial charge in [-0.05, 0) is 54.8 Å². The van der Waals surface area contributed by atoms with Crippen molar-refractivity contribution in [2.24, 2.45) is 0 Å². The summed E-state index contributed by atoms with van der Waals surface area (Å²) in [6.07, 6.45) is 0.821. The Balaban J connectivity index is 1.95. The first-order chi connectivity index (χ1) is 10.2. The second-order valence-corrected chi connectivity index (χ2v) is 5.15. The van der Waals surface area contributed by atoms with E-state index in [2.05, 4.69) is 23.2 Å². The first-order valence-electron chi connectivity index (χ1n) is 6.88. The van der Waals surface area contributed by atoms with Crippen molar-refractivity contribution in [3.63, 3.8) is 0 Å². The first kappa shape index (κ1) is 13.4. The van der Waals surface area contributed by atoms with Gasteiger partial charge in [0.2, 0.25) is 0 Å². The molecule has 3 aromatic rings. The van der Waals surface area contributed by atoms with Crippen LogP contribution in [0.15, 0.2) is 48.5 Å². The predicted molar refractivity (Wildman–Crippen MR) is 83.9 cm³/mol. The van der Waals surface area contributed by atoms with Crippen LogP contribution in [0.25, 0.3) is 10.9 Å². The molecule has 0 aliphatic rings. The van der Waals surface area contributed by atoms with E-state index in [4.69, 9.17) is 4.74 Å². The fraction of sp³-hybridized carbons (Fsp3) is 0.167. The van der Waals surface area contributed by atoms with Crippen LogP contribution in [-0.4, -0.2) is 17.2 Å². The minimum atomic E-state index is 0.237. The lowest BCUT2D eigenvalue weighted by Crippen LogP contribution is -1.91. The number of pyridine rings is 1. The zero-order chi connectivity index (χ0) is 14.8. The van der Waals surface area contributed by atoms with Gasteiger partial charge in [0.1, 0.15) is 11.5 Å². The summed E-state index contributed by atoms with van der Waals surface area (Å²) in [6, 6.07) is 16.0. The highest BCUT2D eigenvalue weighted by Crippen LogP contribution is 2.23. The number of methoxy groups -OCH3 is 1. The van der Waals surface area contributed by atoms with Crippen molar-refractivity contribution in [1.82, 2.24) is 4.98 Å². The molecule has 3 rings (SSSR count). The van der Waals surface area contributed by atoms with Crippen LogP contribution in [0, 0.1) is 6.92 Å². The number of hydrogen-bond donors (Lipinski definition) is 1. The van der Waals surface area contributed by atoms with Crippen molar-refractivity contribution in [2.45, 2.75) is 13.3 Å². The van der Waals surface area contributed by atoms with Gasteiger partial charge in [-0.3, -0.25) is 0 Å². The standard InChI is InChI=1S/C18H17NO2/c1-12-18(20)11-15-9-14(6-7-17(15)19-12)8-13-4-3-5-16(10-13)21-2/h3-7,9-11,20H,8H2,1-2H3. The van der Waals surface area contributed by atoms with Gasteiger partial charge in [0.25, 0.3) is 0 Å². The van der Waals surface area contributed by atoms with Crippen molar-refractivity contribution >= 4 is 10.9 Å². The summed E-state index contributed by atoms with van der Waals surface area (Å²) < 4.78 is 5.25. The zero-order valence-corrected chi connectivity index (χ0v) is 12.1. The van der Waals surface area contributed by atoms with Crippen molar-refractivity contribution in [3.05, 3.63) is 65.4 Å². The smallest absolute Gasteiger partial charge is 0.137 e. The summed E-state index contributed by atoms with van der Waals surface area (Å²) in [5, 5.41) is 10.7. The van der Waals surface area contributed by atoms with Crippen molar-refractivity contribution < 1.29 is 9.84 Å². The van der Waals surface area contributed by atoms with Crippen molar-refractivity contribution in [2.75, 3.05) is 7.11 Å². The first-order valence-corrected chi connectivity index (χ1v) is 6.88. The molecule has 1 aromatic heterocycles. The maximum atomic E-state index is 9.79. The van der Waals surface area contributed by atoms with E-state index in [1.54, 1.807) is 20.1 Å². The predicted octanol–water partition coefficient (Wildman–Crippen LogP) is 3.85. The molecule has 0 saturated carbocycles. The topological polar surface area (TPSA) is 42.4 Å². The molecule has 0 radical (unpaired) electrons. The number of aryl methyl sites for hydroxylation is 1. The van der Waals surface area contributed by atoms with Crippen LogP contribution in [0.1, 0.15) is 16.8 Å². The molecular formula is C18H17NO2. The zero-order valence-electron chi connectivity index (χ0n) is 12.1. The van der Waals surface area contributed by atoms with E-state index >= 15 is 0 Å². The highest BCUT2D eigenvalue weighted by atomic mass is 16.5. The summed E-state index contributed by atoms with van der Waals surface area (Å²) in [5.74, 6) is 1.10. The fourth-order valence-corrected chi connectivity index (χ4v) is 2.44. The number of benzene rings is 2. The molecule has 0 aliphatic carbocycles. The Morgan fingerprint density at radius 2 is 1.86 bits per heavy atom. The lowest BCUT2D eigenvalue weighted by atomic mass is 10.0. The number of aromatic hydroxyl groups is 1. The van der Waals surface area contributed by atoms with E-state index in [1.165, 1.54) is 11.1 Å². The van der Waals surface area contributed by atoms with Gasteiger partial charge in [-0.15, -0.1) is 0 Å². The van der Waals surface area contributed by atoms with E-state index in [-0.39, 0.29) is 5.75 Å². The second-order valence-electron chi connectivity index (χ2n) is 5.15. The second kappa shape index (κ2) is 5.44. The number of nitrogens with zero attached hydrogens (tertiary/aromatic N) is 1. The van der Waals surface area contributed by atoms with E-state index in [0.717, 1.165) is 23.1 Å². The number of rotatable bonds is 3. The van der Waals surface area contributed by atoms with Gasteiger partial charge in [0.15, 0.2) is 0 Å². The Labute approximate surface area is 123 Å². The summed E-state index contributed by atoms with van der Waals surface area (Å²) in [5.41, 5.74) is 3.93. The summed E-state index contributed by atoms with van der Waals surface area (Å²) in [4.78, 5) is 4.38. The number of hydrogen-bond acceptors (Lipinski definition) is 3. The van der Waals surface area contributed by atoms with Crippen LogP contribution in [0.2, 0.25) is 0 Å². The van der Waals surface area contributed by atoms with Crippen LogP contribution < -0.4 is 4.74 Å². The normalized spacial score (nSPS) is 10.8. The molecule has 0 spiro atoms. The van der Waals surface area contributed by atoms with E-state index in [1.807, 2.05) is 24.3 Å². The molecule has 1 N–H and O–H groups in total. The highest BCUT2D eigenvalue weighted by molar-refractivity contribution is 5.81. The molecule has 0 unspecified atom stereocenters. The molecular weight excluding hydrogens is 262 g/mol. The average Bonchev–Trinajstić information content (AvgIpc) is 2.49. The lowest BCUT2D eigenvalue weighted by molar-refractivity contribution is 0.414. The Hall–Kier alpha value is -2.55. The van der Waals surface area contributed by atoms with Crippen LogP contribution in [0.3, 0.4) is 0 Å². The van der Waals surface area contributed by atoms with Gasteiger partial charge < -0.3 is 9.84 Å². The third kappa shape index (κ3) is 2.82. The van der Waals surface area contributed by atoms with Crippen molar-refractivity contribution in [3.8, 4) is 11.5 Å². The Kier molecular flexibility index (Phi) is 3.48. The van der Waals surface area contributed by atoms with E-state index in [0.29, 0.717) is 5.69 Å². The summed E-state index contributed by atoms with van der Waals surface area (Å²) >= 11 is 0. The molecule has 21 heavy (non-hydrogen) atoms. The number of fused-ring (bicyclic) bond motifs is 1. The summed E-state index contributed by atoms with van der Waals surface area (Å²) in [6.45, 7) is 1.80. The molecule has 1 heterocycles. The van der Waals surface area contributed by atoms with E-state index in [9.17, 15) is 5.11 Å². The third-order valence-corrected chi connectivity index (χ3v) is 3.59. The average molecular weight is 279 g/mol. The van der Waals surface area contributed by atoms with Crippen molar-refractivity contribution in [1.29, 1.82) is 0 Å². The quantitative estimate of drug-likeness (QED) is 0.792. The van der Waals surface area contributed by atoms with Gasteiger partial charge in [-0.2, -0.15) is 0 Å². The SMILES string of the molecule is COc1cccc(Cc2ccc3nc(C)c(O)cc3c2)c1. The maximum Gasteiger partial charge on any atom is 0.137 e. The summed E-state index contributed by atoms with van der Waals surface area (Å²) in [7, 11) is 1.67. The molecule has 0 aliphatic heterocycles. The lowest BCUT2D eigenvalue weighted by Gasteiger charge is -2.07. The Morgan fingerprint density at radius 3 is 2.67 bits per heavy atom. The van der Waals surface area contributed by atoms with Gasteiger partial charge in [0.05, 0.1) is 18.3 Å². The molecule has 2 aromatic carbocycles. The van der Waals surface area contributed by atoms with Crippen LogP contribution in [0.5, 0.6) is 11.5 Å². The molecule has 0 fully saturated rings. The molecule has 0 atom stereocenters. The van der Waals surface area contributed by atoms with Crippen LogP contribution >= 0.6 is 0 Å². The van der Waals surface area contributed by atoms with Crippen LogP contribution in [-0.2, 0) is 6.42 Å². The monoisotopic (exact) mass is 279 g/mol. The Morgan fingerprint density at radius 1 is 1.05 bits per heavy atom. The fourth-order valence-electron chi connectivity index (χ4n) is 2.44. The van der Waals surface area contributed by atoms with Gasteiger partial charge in [0, 0.05) is 5.39 Å². The van der Waals surface area contributed by atoms with E-state index < -0.39 is 0 Å². The third-order valence-electron chi connectivity index (χ3n) is 3.59. The Bertz CT molecular complexity index is 796. The number of ether oxygens (including phenoxy) is 1. The van der Waals surface area contributed by atoms with Gasteiger partial charge in [-0.25, -0.2) is 4.98 Å². The maximum absolute atomic E-state index is 9.79.